The number of carbonyl (C=O) groups is 2. The van der Waals surface area contributed by atoms with E-state index in [-0.39, 0.29) is 31.5 Å². The predicted molar refractivity (Wildman–Crippen MR) is 72.6 cm³/mol. The van der Waals surface area contributed by atoms with Gasteiger partial charge in [-0.15, -0.1) is 0 Å². The van der Waals surface area contributed by atoms with Crippen LogP contribution in [-0.4, -0.2) is 36.6 Å². The minimum Gasteiger partial charge on any atom is -0.395 e. The van der Waals surface area contributed by atoms with Crippen LogP contribution >= 0.6 is 0 Å². The Kier molecular flexibility index (Phi) is 6.60. The van der Waals surface area contributed by atoms with Gasteiger partial charge in [0.2, 0.25) is 11.8 Å². The fourth-order valence-electron chi connectivity index (χ4n) is 1.54. The smallest absolute Gasteiger partial charge is 0.239 e. The molecule has 5 heteroatoms. The van der Waals surface area contributed by atoms with Crippen LogP contribution in [0.4, 0.5) is 0 Å². The number of aliphatic hydroxyl groups is 1. The van der Waals surface area contributed by atoms with Crippen LogP contribution in [0.1, 0.15) is 17.5 Å². The van der Waals surface area contributed by atoms with Crippen molar-refractivity contribution in [3.05, 3.63) is 35.4 Å². The van der Waals surface area contributed by atoms with Crippen LogP contribution in [0, 0.1) is 6.92 Å². The molecule has 0 heterocycles. The lowest BCUT2D eigenvalue weighted by Crippen LogP contribution is -2.38. The summed E-state index contributed by atoms with van der Waals surface area (Å²) in [7, 11) is 0. The fourth-order valence-corrected chi connectivity index (χ4v) is 1.54. The molecule has 0 unspecified atom stereocenters. The number of hydrogen-bond donors (Lipinski definition) is 3. The summed E-state index contributed by atoms with van der Waals surface area (Å²) in [5.41, 5.74) is 2.29. The number of aryl methyl sites for hydroxylation is 2. The van der Waals surface area contributed by atoms with Crippen molar-refractivity contribution >= 4 is 11.8 Å². The van der Waals surface area contributed by atoms with Crippen LogP contribution in [0.5, 0.6) is 0 Å². The van der Waals surface area contributed by atoms with Crippen molar-refractivity contribution in [2.45, 2.75) is 19.8 Å². The third-order valence-electron chi connectivity index (χ3n) is 2.64. The number of hydrogen-bond acceptors (Lipinski definition) is 3. The number of rotatable bonds is 7. The first-order valence-electron chi connectivity index (χ1n) is 6.31. The van der Waals surface area contributed by atoms with Gasteiger partial charge in [0.1, 0.15) is 0 Å². The zero-order valence-corrected chi connectivity index (χ0v) is 11.1. The summed E-state index contributed by atoms with van der Waals surface area (Å²) in [6, 6.07) is 8.01. The van der Waals surface area contributed by atoms with Crippen LogP contribution in [0.15, 0.2) is 24.3 Å². The summed E-state index contributed by atoms with van der Waals surface area (Å²) in [6.45, 7) is 2.07. The highest BCUT2D eigenvalue weighted by atomic mass is 16.3. The highest BCUT2D eigenvalue weighted by molar-refractivity contribution is 5.84. The van der Waals surface area contributed by atoms with E-state index in [0.29, 0.717) is 12.8 Å². The van der Waals surface area contributed by atoms with Gasteiger partial charge in [-0.1, -0.05) is 29.8 Å². The van der Waals surface area contributed by atoms with Crippen molar-refractivity contribution in [1.29, 1.82) is 0 Å². The third-order valence-corrected chi connectivity index (χ3v) is 2.64. The minimum atomic E-state index is -0.294. The van der Waals surface area contributed by atoms with Gasteiger partial charge in [0, 0.05) is 13.0 Å². The molecule has 1 aromatic rings. The van der Waals surface area contributed by atoms with Crippen LogP contribution in [0.2, 0.25) is 0 Å². The molecule has 0 aromatic heterocycles. The first-order chi connectivity index (χ1) is 9.11. The second-order valence-corrected chi connectivity index (χ2v) is 4.34. The average Bonchev–Trinajstić information content (AvgIpc) is 2.42. The summed E-state index contributed by atoms with van der Waals surface area (Å²) >= 11 is 0. The van der Waals surface area contributed by atoms with E-state index in [2.05, 4.69) is 10.6 Å². The molecule has 5 nitrogen and oxygen atoms in total. The maximum Gasteiger partial charge on any atom is 0.239 e. The Morgan fingerprint density at radius 1 is 1.11 bits per heavy atom. The molecule has 0 saturated carbocycles. The first-order valence-corrected chi connectivity index (χ1v) is 6.31. The number of amides is 2. The van der Waals surface area contributed by atoms with E-state index in [1.165, 1.54) is 5.56 Å². The molecule has 0 radical (unpaired) electrons. The van der Waals surface area contributed by atoms with Crippen molar-refractivity contribution in [2.24, 2.45) is 0 Å². The molecule has 0 saturated heterocycles. The molecule has 0 aliphatic rings. The molecule has 104 valence electrons. The van der Waals surface area contributed by atoms with Crippen molar-refractivity contribution in [3.8, 4) is 0 Å². The zero-order chi connectivity index (χ0) is 14.1. The number of nitrogens with one attached hydrogen (secondary N) is 2. The maximum absolute atomic E-state index is 11.5. The van der Waals surface area contributed by atoms with Crippen molar-refractivity contribution in [1.82, 2.24) is 10.6 Å². The zero-order valence-electron chi connectivity index (χ0n) is 11.1. The molecular weight excluding hydrogens is 244 g/mol. The van der Waals surface area contributed by atoms with Crippen LogP contribution in [-0.2, 0) is 16.0 Å². The average molecular weight is 264 g/mol. The normalized spacial score (nSPS) is 10.0. The minimum absolute atomic E-state index is 0.0489. The Morgan fingerprint density at radius 2 is 1.79 bits per heavy atom. The van der Waals surface area contributed by atoms with Crippen LogP contribution in [0.25, 0.3) is 0 Å². The fraction of sp³-hybridized carbons (Fsp3) is 0.429. The molecule has 0 atom stereocenters. The molecular formula is C14H20N2O3. The number of aliphatic hydroxyl groups excluding tert-OH is 1. The third kappa shape index (κ3) is 6.57. The Morgan fingerprint density at radius 3 is 2.42 bits per heavy atom. The van der Waals surface area contributed by atoms with Crippen molar-refractivity contribution < 1.29 is 14.7 Å². The lowest BCUT2D eigenvalue weighted by Gasteiger charge is -2.06. The molecule has 19 heavy (non-hydrogen) atoms. The lowest BCUT2D eigenvalue weighted by molar-refractivity contribution is -0.126. The van der Waals surface area contributed by atoms with Gasteiger partial charge in [0.15, 0.2) is 0 Å². The monoisotopic (exact) mass is 264 g/mol. The summed E-state index contributed by atoms with van der Waals surface area (Å²) in [5, 5.41) is 13.5. The van der Waals surface area contributed by atoms with E-state index in [1.807, 2.05) is 31.2 Å². The van der Waals surface area contributed by atoms with Crippen LogP contribution in [0.3, 0.4) is 0 Å². The van der Waals surface area contributed by atoms with E-state index < -0.39 is 0 Å². The Hall–Kier alpha value is -1.88. The molecule has 2 amide bonds. The quantitative estimate of drug-likeness (QED) is 0.656. The molecule has 0 fully saturated rings. The van der Waals surface area contributed by atoms with Crippen LogP contribution < -0.4 is 10.6 Å². The van der Waals surface area contributed by atoms with Gasteiger partial charge < -0.3 is 15.7 Å². The molecule has 0 bridgehead atoms. The highest BCUT2D eigenvalue weighted by Crippen LogP contribution is 2.05. The lowest BCUT2D eigenvalue weighted by atomic mass is 10.1. The van der Waals surface area contributed by atoms with E-state index in [9.17, 15) is 9.59 Å². The summed E-state index contributed by atoms with van der Waals surface area (Å²) in [6.07, 6.45) is 1.01. The van der Waals surface area contributed by atoms with Crippen molar-refractivity contribution in [3.63, 3.8) is 0 Å². The van der Waals surface area contributed by atoms with Gasteiger partial charge in [-0.05, 0) is 18.9 Å². The van der Waals surface area contributed by atoms with Gasteiger partial charge in [-0.2, -0.15) is 0 Å². The largest absolute Gasteiger partial charge is 0.395 e. The van der Waals surface area contributed by atoms with E-state index >= 15 is 0 Å². The van der Waals surface area contributed by atoms with E-state index in [4.69, 9.17) is 5.11 Å². The van der Waals surface area contributed by atoms with E-state index in [1.54, 1.807) is 0 Å². The summed E-state index contributed by atoms with van der Waals surface area (Å²) in [5.74, 6) is -0.447. The number of benzene rings is 1. The molecule has 0 aliphatic heterocycles. The van der Waals surface area contributed by atoms with Gasteiger partial charge >= 0.3 is 0 Å². The van der Waals surface area contributed by atoms with Gasteiger partial charge in [-0.3, -0.25) is 9.59 Å². The van der Waals surface area contributed by atoms with Crippen molar-refractivity contribution in [2.75, 3.05) is 19.7 Å². The summed E-state index contributed by atoms with van der Waals surface area (Å²) < 4.78 is 0. The second kappa shape index (κ2) is 8.26. The highest BCUT2D eigenvalue weighted by Gasteiger charge is 2.05. The Bertz CT molecular complexity index is 415. The molecule has 1 aromatic carbocycles. The summed E-state index contributed by atoms with van der Waals surface area (Å²) in [4.78, 5) is 22.7. The van der Waals surface area contributed by atoms with Gasteiger partial charge in [-0.25, -0.2) is 0 Å². The standard InChI is InChI=1S/C14H20N2O3/c1-11-2-4-12(5-3-11)6-7-13(18)16-10-14(19)15-8-9-17/h2-5,17H,6-10H2,1H3,(H,15,19)(H,16,18). The predicted octanol–water partition coefficient (Wildman–Crippen LogP) is 0.152. The Labute approximate surface area is 113 Å². The number of carbonyl (C=O) groups excluding carboxylic acids is 2. The maximum atomic E-state index is 11.5. The SMILES string of the molecule is Cc1ccc(CCC(=O)NCC(=O)NCCO)cc1. The second-order valence-electron chi connectivity index (χ2n) is 4.34. The topological polar surface area (TPSA) is 78.4 Å². The Balaban J connectivity index is 2.21. The molecule has 1 rings (SSSR count). The van der Waals surface area contributed by atoms with Gasteiger partial charge in [0.05, 0.1) is 13.2 Å². The van der Waals surface area contributed by atoms with E-state index in [0.717, 1.165) is 5.56 Å². The van der Waals surface area contributed by atoms with Gasteiger partial charge in [0.25, 0.3) is 0 Å². The molecule has 3 N–H and O–H groups in total. The molecule has 0 spiro atoms. The first kappa shape index (κ1) is 15.2. The molecule has 0 aliphatic carbocycles.